The summed E-state index contributed by atoms with van der Waals surface area (Å²) in [6.07, 6.45) is 1.30. The number of carbonyl (C=O) groups excluding carboxylic acids is 3. The molecule has 4 aliphatic rings. The van der Waals surface area contributed by atoms with Gasteiger partial charge in [-0.15, -0.1) is 0 Å². The number of anilines is 2. The second-order valence-corrected chi connectivity index (χ2v) is 18.7. The highest BCUT2D eigenvalue weighted by atomic mass is 28.4. The highest BCUT2D eigenvalue weighted by Gasteiger charge is 2.67. The zero-order chi connectivity index (χ0) is 36.1. The molecule has 0 saturated carbocycles. The molecule has 0 radical (unpaired) electrons. The Hall–Kier alpha value is -4.10. The van der Waals surface area contributed by atoms with Crippen molar-refractivity contribution in [2.24, 2.45) is 5.92 Å². The van der Waals surface area contributed by atoms with Gasteiger partial charge in [-0.3, -0.25) is 14.4 Å². The van der Waals surface area contributed by atoms with Crippen LogP contribution in [0.15, 0.2) is 66.7 Å². The van der Waals surface area contributed by atoms with Gasteiger partial charge in [-0.2, -0.15) is 0 Å². The van der Waals surface area contributed by atoms with Crippen molar-refractivity contribution in [3.05, 3.63) is 89.0 Å². The Bertz CT molecular complexity index is 1830. The van der Waals surface area contributed by atoms with Crippen LogP contribution >= 0.6 is 0 Å². The molecule has 7 rings (SSSR count). The topological polar surface area (TPSA) is 120 Å². The Morgan fingerprint density at radius 3 is 2.61 bits per heavy atom. The summed E-state index contributed by atoms with van der Waals surface area (Å²) < 4.78 is 29.0. The number of nitrogens with zero attached hydrogens (tertiary/aromatic N) is 2. The van der Waals surface area contributed by atoms with Crippen molar-refractivity contribution in [3.63, 3.8) is 0 Å². The Morgan fingerprint density at radius 2 is 1.90 bits per heavy atom. The van der Waals surface area contributed by atoms with E-state index in [1.165, 1.54) is 0 Å². The predicted octanol–water partition coefficient (Wildman–Crippen LogP) is 5.04. The molecule has 0 bridgehead atoms. The third kappa shape index (κ3) is 6.36. The number of aliphatic hydroxyl groups excluding tert-OH is 1. The van der Waals surface area contributed by atoms with Crippen molar-refractivity contribution in [1.29, 1.82) is 0 Å². The van der Waals surface area contributed by atoms with E-state index in [9.17, 15) is 19.5 Å². The maximum atomic E-state index is 16.5. The lowest BCUT2D eigenvalue weighted by Gasteiger charge is -2.37. The number of rotatable bonds is 9. The second kappa shape index (κ2) is 13.8. The normalized spacial score (nSPS) is 27.1. The molecule has 12 heteroatoms. The summed E-state index contributed by atoms with van der Waals surface area (Å²) >= 11 is 0. The van der Waals surface area contributed by atoms with Crippen molar-refractivity contribution in [3.8, 4) is 5.75 Å². The average molecular weight is 715 g/mol. The lowest BCUT2D eigenvalue weighted by Crippen LogP contribution is -2.48. The minimum Gasteiger partial charge on any atom is -0.497 e. The minimum absolute atomic E-state index is 0.0878. The maximum absolute atomic E-state index is 16.5. The van der Waals surface area contributed by atoms with Gasteiger partial charge in [-0.25, -0.2) is 0 Å². The Morgan fingerprint density at radius 1 is 1.12 bits per heavy atom. The van der Waals surface area contributed by atoms with Gasteiger partial charge in [-0.05, 0) is 85.9 Å². The quantitative estimate of drug-likeness (QED) is 0.210. The summed E-state index contributed by atoms with van der Waals surface area (Å²) in [5, 5.41) is 16.5. The highest BCUT2D eigenvalue weighted by Crippen LogP contribution is 2.60. The molecular weight excluding hydrogens is 668 g/mol. The van der Waals surface area contributed by atoms with Crippen molar-refractivity contribution in [2.45, 2.75) is 88.1 Å². The summed E-state index contributed by atoms with van der Waals surface area (Å²) in [7, 11) is -1.98. The molecule has 2 fully saturated rings. The fourth-order valence-electron chi connectivity index (χ4n) is 8.91. The molecule has 3 aromatic rings. The molecule has 4 aliphatic heterocycles. The fraction of sp³-hybridized carbons (Fsp3) is 0.462. The van der Waals surface area contributed by atoms with Gasteiger partial charge in [0.15, 0.2) is 5.60 Å². The van der Waals surface area contributed by atoms with Gasteiger partial charge in [0.2, 0.25) is 20.2 Å². The first-order valence-electron chi connectivity index (χ1n) is 17.9. The Kier molecular flexibility index (Phi) is 9.55. The molecule has 4 heterocycles. The minimum atomic E-state index is -3.54. The van der Waals surface area contributed by atoms with Crippen LogP contribution in [-0.2, 0) is 44.2 Å². The standard InChI is InChI=1S/C39H47FN4O6Si/c1-24-36(51(3,4)40)34(20-35(46)43-22-27-11-6-5-10-26(27)18-29(43)23-45)50-39(24)31-19-30(49-2)14-15-33(31)44(38(39)48)21-25-9-7-12-28(17-25)42-37(47)32-13-8-16-41-32/h5-7,9-12,14-15,17,19,24,29,32,34,36,41,45H,8,13,16,18,20-23H2,1-4H3,(H,42,47)/t24-,29-,32+,34+,36-,39+/m0/s1. The zero-order valence-corrected chi connectivity index (χ0v) is 30.7. The number of amides is 3. The van der Waals surface area contributed by atoms with E-state index in [0.29, 0.717) is 35.7 Å². The van der Waals surface area contributed by atoms with E-state index in [4.69, 9.17) is 9.47 Å². The van der Waals surface area contributed by atoms with Crippen LogP contribution in [0.3, 0.4) is 0 Å². The monoisotopic (exact) mass is 714 g/mol. The van der Waals surface area contributed by atoms with Gasteiger partial charge in [-0.1, -0.05) is 43.3 Å². The van der Waals surface area contributed by atoms with Gasteiger partial charge < -0.3 is 39.1 Å². The number of methoxy groups -OCH3 is 1. The third-order valence-corrected chi connectivity index (χ3v) is 13.8. The highest BCUT2D eigenvalue weighted by molar-refractivity contribution is 6.72. The fourth-order valence-corrected chi connectivity index (χ4v) is 11.4. The van der Waals surface area contributed by atoms with E-state index in [1.54, 1.807) is 42.1 Å². The van der Waals surface area contributed by atoms with Gasteiger partial charge in [0.1, 0.15) is 5.75 Å². The molecule has 0 unspecified atom stereocenters. The molecular formula is C39H47FN4O6Si. The molecule has 3 aromatic carbocycles. The van der Waals surface area contributed by atoms with E-state index >= 15 is 4.11 Å². The summed E-state index contributed by atoms with van der Waals surface area (Å²) in [6.45, 7) is 6.26. The molecule has 10 nitrogen and oxygen atoms in total. The number of hydrogen-bond acceptors (Lipinski definition) is 7. The summed E-state index contributed by atoms with van der Waals surface area (Å²) in [5.74, 6) is -0.697. The lowest BCUT2D eigenvalue weighted by atomic mass is 9.82. The number of halogens is 1. The van der Waals surface area contributed by atoms with Crippen molar-refractivity contribution >= 4 is 37.5 Å². The molecule has 3 amide bonds. The van der Waals surface area contributed by atoms with Crippen LogP contribution in [-0.4, -0.2) is 74.6 Å². The molecule has 51 heavy (non-hydrogen) atoms. The summed E-state index contributed by atoms with van der Waals surface area (Å²) in [4.78, 5) is 45.2. The Balaban J connectivity index is 1.20. The van der Waals surface area contributed by atoms with Crippen molar-refractivity contribution < 1.29 is 33.1 Å². The number of hydrogen-bond donors (Lipinski definition) is 3. The van der Waals surface area contributed by atoms with E-state index < -0.39 is 37.6 Å². The zero-order valence-electron chi connectivity index (χ0n) is 29.7. The smallest absolute Gasteiger partial charge is 0.264 e. The van der Waals surface area contributed by atoms with Crippen LogP contribution in [0, 0.1) is 5.92 Å². The van der Waals surface area contributed by atoms with Gasteiger partial charge in [0, 0.05) is 29.3 Å². The lowest BCUT2D eigenvalue weighted by molar-refractivity contribution is -0.151. The second-order valence-electron chi connectivity index (χ2n) is 14.9. The summed E-state index contributed by atoms with van der Waals surface area (Å²) in [5.41, 5.74) is 2.57. The largest absolute Gasteiger partial charge is 0.497 e. The van der Waals surface area contributed by atoms with Gasteiger partial charge in [0.05, 0.1) is 50.6 Å². The molecule has 6 atom stereocenters. The van der Waals surface area contributed by atoms with E-state index in [1.807, 2.05) is 61.5 Å². The molecule has 270 valence electrons. The van der Waals surface area contributed by atoms with Crippen LogP contribution < -0.4 is 20.3 Å². The third-order valence-electron chi connectivity index (χ3n) is 11.3. The number of nitrogens with one attached hydrogen (secondary N) is 2. The van der Waals surface area contributed by atoms with Crippen LogP contribution in [0.25, 0.3) is 0 Å². The molecule has 0 aromatic heterocycles. The molecule has 0 aliphatic carbocycles. The van der Waals surface area contributed by atoms with Crippen LogP contribution in [0.1, 0.15) is 48.4 Å². The van der Waals surface area contributed by atoms with Gasteiger partial charge >= 0.3 is 0 Å². The summed E-state index contributed by atoms with van der Waals surface area (Å²) in [6, 6.07) is 20.1. The SMILES string of the molecule is COc1ccc2c(c1)[C@@]1(O[C@H](CC(=O)N3Cc4ccccc4C[C@H]3CO)[C@@H]([Si](C)(C)F)[C@@H]1C)C(=O)N2Cc1cccc(NC(=O)[C@H]2CCCN2)c1. The van der Waals surface area contributed by atoms with E-state index in [-0.39, 0.29) is 43.3 Å². The van der Waals surface area contributed by atoms with Crippen LogP contribution in [0.4, 0.5) is 15.5 Å². The number of ether oxygens (including phenoxy) is 2. The van der Waals surface area contributed by atoms with Crippen molar-refractivity contribution in [1.82, 2.24) is 10.2 Å². The molecule has 2 saturated heterocycles. The number of fused-ring (bicyclic) bond motifs is 3. The van der Waals surface area contributed by atoms with E-state index in [2.05, 4.69) is 10.6 Å². The van der Waals surface area contributed by atoms with Crippen LogP contribution in [0.2, 0.25) is 18.6 Å². The molecule has 1 spiro atoms. The predicted molar refractivity (Wildman–Crippen MR) is 195 cm³/mol. The maximum Gasteiger partial charge on any atom is 0.264 e. The first-order valence-corrected chi connectivity index (χ1v) is 20.9. The van der Waals surface area contributed by atoms with Gasteiger partial charge in [0.25, 0.3) is 5.91 Å². The number of carbonyl (C=O) groups is 3. The van der Waals surface area contributed by atoms with Crippen LogP contribution in [0.5, 0.6) is 5.75 Å². The number of benzene rings is 3. The number of aliphatic hydroxyl groups is 1. The first-order chi connectivity index (χ1) is 24.4. The average Bonchev–Trinajstić information content (AvgIpc) is 3.81. The van der Waals surface area contributed by atoms with Crippen molar-refractivity contribution in [2.75, 3.05) is 30.5 Å². The van der Waals surface area contributed by atoms with E-state index in [0.717, 1.165) is 36.1 Å². The molecule has 3 N–H and O–H groups in total. The first kappa shape index (κ1) is 35.3. The Labute approximate surface area is 299 Å².